The Hall–Kier alpha value is -13.0. The molecule has 8 nitrogen and oxygen atoms in total. The van der Waals surface area contributed by atoms with Gasteiger partial charge in [0, 0.05) is 115 Å². The van der Waals surface area contributed by atoms with Crippen LogP contribution in [0.15, 0.2) is 384 Å². The van der Waals surface area contributed by atoms with Gasteiger partial charge in [-0.1, -0.05) is 261 Å². The zero-order chi connectivity index (χ0) is 104. The van der Waals surface area contributed by atoms with Gasteiger partial charge in [0.05, 0.1) is 33.6 Å². The third-order valence-electron chi connectivity index (χ3n) is 32.4. The number of hydrogen-bond acceptors (Lipinski definition) is 4. The first-order chi connectivity index (χ1) is 70.2. The van der Waals surface area contributed by atoms with Crippen LogP contribution < -0.4 is 77.1 Å². The van der Waals surface area contributed by atoms with Gasteiger partial charge in [-0.25, -0.2) is 22.8 Å². The number of benzene rings is 12. The van der Waals surface area contributed by atoms with Crippen molar-refractivity contribution in [1.82, 2.24) is 0 Å². The molecule has 0 fully saturated rings. The number of anilines is 2. The molecule has 18 aromatic rings. The number of nitrogens with zero attached hydrogens (tertiary/aromatic N) is 7. The molecular formula is C133H141N7OS2SeSi3+6. The zero-order valence-corrected chi connectivity index (χ0v) is 97.3. The van der Waals surface area contributed by atoms with Gasteiger partial charge in [-0.15, -0.1) is 0 Å². The molecule has 0 saturated heterocycles. The summed E-state index contributed by atoms with van der Waals surface area (Å²) in [5.41, 5.74) is 38.0. The van der Waals surface area contributed by atoms with Gasteiger partial charge in [0.15, 0.2) is 42.5 Å². The molecule has 24 rings (SSSR count). The molecule has 0 amide bonds. The fourth-order valence-corrected chi connectivity index (χ4v) is 43.2. The van der Waals surface area contributed by atoms with Gasteiger partial charge >= 0.3 is 152 Å². The van der Waals surface area contributed by atoms with E-state index in [0.717, 1.165) is 22.9 Å². The number of rotatable bonds is 6. The summed E-state index contributed by atoms with van der Waals surface area (Å²) >= 11 is 4.19. The summed E-state index contributed by atoms with van der Waals surface area (Å²) in [6.07, 6.45) is 12.8. The molecule has 0 atom stereocenters. The van der Waals surface area contributed by atoms with E-state index < -0.39 is 24.2 Å². The standard InChI is InChI=1S/2C24H28NSi.2C22H22NS.C21H22NSeSi.C20H19N2O/c1-17-14-15-19-23(22(17)20-12-9-10-16-25(20)4)26(5,6)21-13-8-7-11-18(21)24(19,2)3;1-17-14-15-21-23(22(17)19-12-9-10-16-25(19)4)24(2,3)18-11-7-8-13-20(18)26(21,5)6;1-15-12-13-17-21(20(15)18-10-7-8-14-23(18)4)24-19-11-6-5-9-16(19)22(17,2)3;1-15-12-13-19-21(20(15)17-10-7-8-14-23(17)4)22(2,3)16-9-5-6-11-18(16)24-19;1-15-12-13-19-21(20(15)16-9-7-8-14-22(16)2)23-17-10-5-6-11-18(17)24(19,3)4;1-14-11-12-18-20(19(14)16-9-6-7-13-21(16)2)22(3)15-8-4-5-10-17(15)23-18/h2*7-16H,1-6H3;3*5-14H,1-4H3;4-13H,1-3H3/q6*+1. The van der Waals surface area contributed by atoms with Crippen molar-refractivity contribution in [2.75, 3.05) is 11.9 Å². The molecule has 0 radical (unpaired) electrons. The molecule has 147 heavy (non-hydrogen) atoms. The minimum Gasteiger partial charge on any atom is -0.201 e. The fraction of sp³-hybridized carbons (Fsp3) is 0.233. The summed E-state index contributed by atoms with van der Waals surface area (Å²) in [6.45, 7) is 47.4. The van der Waals surface area contributed by atoms with Crippen LogP contribution in [0.3, 0.4) is 0 Å². The summed E-state index contributed by atoms with van der Waals surface area (Å²) in [7, 11) is 9.72. The third-order valence-corrected chi connectivity index (χ3v) is 48.7. The Balaban J connectivity index is 0.000000111. The molecule has 6 aliphatic heterocycles. The summed E-state index contributed by atoms with van der Waals surface area (Å²) in [5.74, 6) is 1.80. The van der Waals surface area contributed by atoms with Gasteiger partial charge in [0.25, 0.3) is 0 Å². The van der Waals surface area contributed by atoms with Crippen LogP contribution in [0.2, 0.25) is 39.3 Å². The van der Waals surface area contributed by atoms with E-state index in [9.17, 15) is 0 Å². The number of fused-ring (bicyclic) bond motifs is 12. The van der Waals surface area contributed by atoms with Crippen LogP contribution in [0.5, 0.6) is 11.5 Å². The quantitative estimate of drug-likeness (QED) is 0.123. The topological polar surface area (TPSA) is 35.8 Å². The number of aryl methyl sites for hydroxylation is 12. The van der Waals surface area contributed by atoms with Crippen LogP contribution in [0.4, 0.5) is 11.4 Å². The average Bonchev–Trinajstić information content (AvgIpc) is 0.700. The van der Waals surface area contributed by atoms with Crippen molar-refractivity contribution in [1.29, 1.82) is 0 Å². The predicted octanol–water partition coefficient (Wildman–Crippen LogP) is 24.1. The van der Waals surface area contributed by atoms with E-state index in [2.05, 4.69) is 558 Å². The largest absolute Gasteiger partial charge is 0.212 e. The second-order valence-electron chi connectivity index (χ2n) is 44.4. The van der Waals surface area contributed by atoms with E-state index >= 15 is 0 Å². The van der Waals surface area contributed by atoms with Gasteiger partial charge < -0.3 is 9.64 Å². The summed E-state index contributed by atoms with van der Waals surface area (Å²) in [4.78, 5) is 7.76. The van der Waals surface area contributed by atoms with Gasteiger partial charge in [0.1, 0.15) is 51.4 Å². The number of pyridine rings is 6. The van der Waals surface area contributed by atoms with Crippen molar-refractivity contribution in [3.63, 3.8) is 0 Å². The molecule has 738 valence electrons. The monoisotopic (exact) mass is 2080 g/mol. The Morgan fingerprint density at radius 2 is 0.619 bits per heavy atom. The van der Waals surface area contributed by atoms with Crippen LogP contribution in [0, 0.1) is 41.5 Å². The Morgan fingerprint density at radius 3 is 1.16 bits per heavy atom. The van der Waals surface area contributed by atoms with Crippen molar-refractivity contribution in [3.8, 4) is 79.0 Å². The first kappa shape index (κ1) is 103. The molecule has 0 aliphatic carbocycles. The first-order valence-electron chi connectivity index (χ1n) is 51.8. The second-order valence-corrected chi connectivity index (χ2v) is 61.7. The van der Waals surface area contributed by atoms with Crippen LogP contribution in [0.1, 0.15) is 133 Å². The molecule has 0 N–H and O–H groups in total. The van der Waals surface area contributed by atoms with E-state index in [1.807, 2.05) is 47.8 Å². The molecule has 0 bridgehead atoms. The first-order valence-corrected chi connectivity index (χ1v) is 64.1. The zero-order valence-electron chi connectivity index (χ0n) is 90.9. The Bertz CT molecular complexity index is 7910. The maximum Gasteiger partial charge on any atom is 0.212 e. The number of hydrogen-bond donors (Lipinski definition) is 0. The molecule has 12 aromatic carbocycles. The van der Waals surface area contributed by atoms with Crippen molar-refractivity contribution in [2.24, 2.45) is 42.3 Å². The average molecular weight is 2080 g/mol. The van der Waals surface area contributed by atoms with Crippen LogP contribution in [-0.4, -0.2) is 46.2 Å². The van der Waals surface area contributed by atoms with Crippen molar-refractivity contribution >= 4 is 114 Å². The van der Waals surface area contributed by atoms with E-state index in [4.69, 9.17) is 4.74 Å². The summed E-state index contributed by atoms with van der Waals surface area (Å²) in [5, 5.41) is 9.64. The van der Waals surface area contributed by atoms with Crippen LogP contribution >= 0.6 is 23.5 Å². The van der Waals surface area contributed by atoms with Crippen LogP contribution in [0.25, 0.3) is 67.5 Å². The Morgan fingerprint density at radius 1 is 0.265 bits per heavy atom. The molecule has 0 saturated carbocycles. The maximum atomic E-state index is 6.15. The molecule has 0 unspecified atom stereocenters. The summed E-state index contributed by atoms with van der Waals surface area (Å²) in [6, 6.07) is 119. The predicted molar refractivity (Wildman–Crippen MR) is 626 cm³/mol. The molecule has 6 aliphatic rings. The Labute approximate surface area is 892 Å². The van der Waals surface area contributed by atoms with Crippen LogP contribution in [-0.2, 0) is 63.9 Å². The molecule has 12 heterocycles. The normalized spacial score (nSPS) is 15.1. The molecular weight excluding hydrogens is 1940 g/mol. The summed E-state index contributed by atoms with van der Waals surface area (Å²) < 4.78 is 22.7. The van der Waals surface area contributed by atoms with Crippen molar-refractivity contribution in [2.45, 2.75) is 177 Å². The minimum atomic E-state index is -1.82. The molecule has 14 heteroatoms. The number of ether oxygens (including phenoxy) is 1. The van der Waals surface area contributed by atoms with Gasteiger partial charge in [0.2, 0.25) is 28.5 Å². The van der Waals surface area contributed by atoms with E-state index in [1.54, 1.807) is 40.0 Å². The van der Waals surface area contributed by atoms with Crippen molar-refractivity contribution in [3.05, 3.63) is 443 Å². The smallest absolute Gasteiger partial charge is 0.201 e. The number of para-hydroxylation sites is 2. The minimum absolute atomic E-state index is 0.00135. The Kier molecular flexibility index (Phi) is 28.1. The second kappa shape index (κ2) is 40.2. The van der Waals surface area contributed by atoms with Crippen molar-refractivity contribution < 1.29 is 32.1 Å². The van der Waals surface area contributed by atoms with Gasteiger partial charge in [-0.2, -0.15) is 0 Å². The van der Waals surface area contributed by atoms with Gasteiger partial charge in [-0.3, -0.25) is 0 Å². The SMILES string of the molecule is Cc1ccc2c(c1-c1cccc[n+]1C)C(C)(C)c1ccccc1S2.Cc1ccc2c(c1-c1cccc[n+]1C)C(C)(C)c1ccccc1[Si]2(C)C.Cc1ccc2c(c1-c1cccc[n+]1C)N(C)c1ccccc1O2.Cc1ccc2c(c1-c1cccc[n+]1C)Sc1ccccc1C2(C)C.Cc1ccc2c(c1-c1cccc[n+]1C)[Se]c1ccccc1[Si]2(C)C.Cc1ccc2c(c1-c1cccc[n+]1C)[Si](C)(C)c1ccccc1C2(C)C. The number of aromatic nitrogens is 6. The van der Waals surface area contributed by atoms with Gasteiger partial charge in [-0.05, 0) is 184 Å². The third kappa shape index (κ3) is 18.3. The van der Waals surface area contributed by atoms with E-state index in [-0.39, 0.29) is 21.7 Å². The maximum absolute atomic E-state index is 6.15. The molecule has 6 aromatic heterocycles. The van der Waals surface area contributed by atoms with E-state index in [1.165, 1.54) is 165 Å². The fourth-order valence-electron chi connectivity index (χ4n) is 24.2. The van der Waals surface area contributed by atoms with E-state index in [0.29, 0.717) is 15.0 Å². The molecule has 0 spiro atoms.